The van der Waals surface area contributed by atoms with Gasteiger partial charge in [-0.05, 0) is 66.0 Å². The molecule has 4 rings (SSSR count). The van der Waals surface area contributed by atoms with Gasteiger partial charge in [-0.2, -0.15) is 0 Å². The highest BCUT2D eigenvalue weighted by Gasteiger charge is 2.29. The number of hydrogen-bond acceptors (Lipinski definition) is 4. The number of fused-ring (bicyclic) bond motifs is 1. The molecule has 1 aliphatic heterocycles. The number of aromatic nitrogens is 1. The molecule has 1 atom stereocenters. The first-order valence-corrected chi connectivity index (χ1v) is 10.9. The maximum atomic E-state index is 13.2. The lowest BCUT2D eigenvalue weighted by atomic mass is 9.97. The Labute approximate surface area is 175 Å². The van der Waals surface area contributed by atoms with Crippen molar-refractivity contribution in [3.05, 3.63) is 57.8 Å². The number of ether oxygens (including phenoxy) is 1. The SMILES string of the molecule is C[C@@H](Oc1ccc(F)cc1Br)C(=O)N1CCC(c2nc3ccccc3s2)CC1. The van der Waals surface area contributed by atoms with Crippen molar-refractivity contribution in [3.63, 3.8) is 0 Å². The molecule has 2 aromatic carbocycles. The van der Waals surface area contributed by atoms with Crippen molar-refractivity contribution < 1.29 is 13.9 Å². The van der Waals surface area contributed by atoms with Crippen LogP contribution in [-0.2, 0) is 4.79 Å². The molecule has 0 bridgehead atoms. The predicted octanol–water partition coefficient (Wildman–Crippen LogP) is 5.37. The van der Waals surface area contributed by atoms with Gasteiger partial charge in [0.1, 0.15) is 11.6 Å². The Bertz CT molecular complexity index is 968. The van der Waals surface area contributed by atoms with Gasteiger partial charge in [-0.15, -0.1) is 11.3 Å². The highest BCUT2D eigenvalue weighted by molar-refractivity contribution is 9.10. The first-order valence-electron chi connectivity index (χ1n) is 9.27. The third-order valence-corrected chi connectivity index (χ3v) is 6.83. The lowest BCUT2D eigenvalue weighted by molar-refractivity contribution is -0.139. The summed E-state index contributed by atoms with van der Waals surface area (Å²) in [4.78, 5) is 19.4. The van der Waals surface area contributed by atoms with Crippen LogP contribution in [0.5, 0.6) is 5.75 Å². The minimum absolute atomic E-state index is 0.0426. The van der Waals surface area contributed by atoms with Gasteiger partial charge >= 0.3 is 0 Å². The van der Waals surface area contributed by atoms with E-state index in [0.29, 0.717) is 29.2 Å². The smallest absolute Gasteiger partial charge is 0.263 e. The molecule has 3 aromatic rings. The fourth-order valence-corrected chi connectivity index (χ4v) is 5.06. The van der Waals surface area contributed by atoms with E-state index in [2.05, 4.69) is 22.0 Å². The Balaban J connectivity index is 1.36. The summed E-state index contributed by atoms with van der Waals surface area (Å²) < 4.78 is 20.7. The molecule has 0 aliphatic carbocycles. The fraction of sp³-hybridized carbons (Fsp3) is 0.333. The Morgan fingerprint density at radius 3 is 2.75 bits per heavy atom. The summed E-state index contributed by atoms with van der Waals surface area (Å²) in [5, 5.41) is 1.16. The zero-order valence-electron chi connectivity index (χ0n) is 15.4. The first-order chi connectivity index (χ1) is 13.5. The van der Waals surface area contributed by atoms with Crippen molar-refractivity contribution in [2.75, 3.05) is 13.1 Å². The monoisotopic (exact) mass is 462 g/mol. The molecule has 0 radical (unpaired) electrons. The number of piperidine rings is 1. The van der Waals surface area contributed by atoms with Crippen LogP contribution in [0, 0.1) is 5.82 Å². The number of amides is 1. The van der Waals surface area contributed by atoms with Crippen molar-refractivity contribution >= 4 is 43.4 Å². The highest BCUT2D eigenvalue weighted by Crippen LogP contribution is 2.34. The standard InChI is InChI=1S/C21H20BrFN2O2S/c1-13(27-18-7-6-15(23)12-16(18)22)21(26)25-10-8-14(9-11-25)20-24-17-4-2-3-5-19(17)28-20/h2-7,12-14H,8-11H2,1H3/t13-/m1/s1. The quantitative estimate of drug-likeness (QED) is 0.523. The van der Waals surface area contributed by atoms with Crippen LogP contribution in [0.2, 0.25) is 0 Å². The number of hydrogen-bond donors (Lipinski definition) is 0. The molecule has 1 amide bonds. The Kier molecular flexibility index (Phi) is 5.64. The molecule has 7 heteroatoms. The molecule has 146 valence electrons. The van der Waals surface area contributed by atoms with E-state index in [4.69, 9.17) is 9.72 Å². The van der Waals surface area contributed by atoms with Gasteiger partial charge in [0.05, 0.1) is 19.7 Å². The van der Waals surface area contributed by atoms with Crippen LogP contribution in [-0.4, -0.2) is 35.0 Å². The third-order valence-electron chi connectivity index (χ3n) is 5.01. The molecule has 4 nitrogen and oxygen atoms in total. The molecule has 1 aliphatic rings. The van der Waals surface area contributed by atoms with Crippen LogP contribution in [0.4, 0.5) is 4.39 Å². The minimum atomic E-state index is -0.624. The molecular weight excluding hydrogens is 443 g/mol. The van der Waals surface area contributed by atoms with Gasteiger partial charge in [-0.25, -0.2) is 9.37 Å². The van der Waals surface area contributed by atoms with E-state index in [0.717, 1.165) is 23.4 Å². The van der Waals surface area contributed by atoms with Crippen LogP contribution in [0.3, 0.4) is 0 Å². The van der Waals surface area contributed by atoms with Crippen LogP contribution in [0.1, 0.15) is 30.7 Å². The molecule has 2 heterocycles. The Morgan fingerprint density at radius 1 is 1.29 bits per heavy atom. The Morgan fingerprint density at radius 2 is 2.04 bits per heavy atom. The van der Waals surface area contributed by atoms with Gasteiger partial charge in [0, 0.05) is 19.0 Å². The number of carbonyl (C=O) groups excluding carboxylic acids is 1. The van der Waals surface area contributed by atoms with Crippen LogP contribution >= 0.6 is 27.3 Å². The second-order valence-electron chi connectivity index (χ2n) is 6.95. The molecule has 1 fully saturated rings. The molecule has 28 heavy (non-hydrogen) atoms. The van der Waals surface area contributed by atoms with Gasteiger partial charge in [0.15, 0.2) is 6.10 Å². The number of rotatable bonds is 4. The van der Waals surface area contributed by atoms with Crippen molar-refractivity contribution in [2.45, 2.75) is 31.8 Å². The summed E-state index contributed by atoms with van der Waals surface area (Å²) in [5.74, 6) is 0.463. The summed E-state index contributed by atoms with van der Waals surface area (Å²) in [6.45, 7) is 3.12. The van der Waals surface area contributed by atoms with Crippen molar-refractivity contribution in [1.29, 1.82) is 0 Å². The fourth-order valence-electron chi connectivity index (χ4n) is 3.48. The molecule has 0 N–H and O–H groups in total. The second-order valence-corrected chi connectivity index (χ2v) is 8.87. The number of likely N-dealkylation sites (tertiary alicyclic amines) is 1. The van der Waals surface area contributed by atoms with Crippen LogP contribution in [0.15, 0.2) is 46.9 Å². The summed E-state index contributed by atoms with van der Waals surface area (Å²) in [7, 11) is 0. The van der Waals surface area contributed by atoms with E-state index in [1.807, 2.05) is 23.1 Å². The summed E-state index contributed by atoms with van der Waals surface area (Å²) >= 11 is 5.02. The lowest BCUT2D eigenvalue weighted by Gasteiger charge is -2.32. The van der Waals surface area contributed by atoms with Gasteiger partial charge in [0.25, 0.3) is 5.91 Å². The van der Waals surface area contributed by atoms with Crippen molar-refractivity contribution in [3.8, 4) is 5.75 Å². The van der Waals surface area contributed by atoms with E-state index in [1.54, 1.807) is 18.3 Å². The summed E-state index contributed by atoms with van der Waals surface area (Å²) in [6.07, 6.45) is 1.18. The molecular formula is C21H20BrFN2O2S. The third kappa shape index (κ3) is 4.05. The average molecular weight is 463 g/mol. The summed E-state index contributed by atoms with van der Waals surface area (Å²) in [6, 6.07) is 12.4. The minimum Gasteiger partial charge on any atom is -0.480 e. The van der Waals surface area contributed by atoms with Crippen molar-refractivity contribution in [1.82, 2.24) is 9.88 Å². The number of para-hydroxylation sites is 1. The number of nitrogens with zero attached hydrogens (tertiary/aromatic N) is 2. The zero-order chi connectivity index (χ0) is 19.7. The predicted molar refractivity (Wildman–Crippen MR) is 112 cm³/mol. The van der Waals surface area contributed by atoms with Gasteiger partial charge in [0.2, 0.25) is 0 Å². The summed E-state index contributed by atoms with van der Waals surface area (Å²) in [5.41, 5.74) is 1.05. The first kappa shape index (κ1) is 19.3. The van der Waals surface area contributed by atoms with Crippen LogP contribution in [0.25, 0.3) is 10.2 Å². The maximum Gasteiger partial charge on any atom is 0.263 e. The second kappa shape index (κ2) is 8.17. The zero-order valence-corrected chi connectivity index (χ0v) is 17.8. The van der Waals surface area contributed by atoms with E-state index in [1.165, 1.54) is 22.9 Å². The number of thiazole rings is 1. The molecule has 0 spiro atoms. The number of benzene rings is 2. The largest absolute Gasteiger partial charge is 0.480 e. The Hall–Kier alpha value is -1.99. The maximum absolute atomic E-state index is 13.2. The van der Waals surface area contributed by atoms with E-state index in [-0.39, 0.29) is 11.7 Å². The van der Waals surface area contributed by atoms with Gasteiger partial charge < -0.3 is 9.64 Å². The number of carbonyl (C=O) groups is 1. The van der Waals surface area contributed by atoms with Crippen molar-refractivity contribution in [2.24, 2.45) is 0 Å². The molecule has 1 aromatic heterocycles. The topological polar surface area (TPSA) is 42.4 Å². The molecule has 1 saturated heterocycles. The van der Waals surface area contributed by atoms with E-state index in [9.17, 15) is 9.18 Å². The molecule has 0 saturated carbocycles. The average Bonchev–Trinajstić information content (AvgIpc) is 3.14. The van der Waals surface area contributed by atoms with E-state index >= 15 is 0 Å². The van der Waals surface area contributed by atoms with Gasteiger partial charge in [-0.1, -0.05) is 12.1 Å². The number of halogens is 2. The lowest BCUT2D eigenvalue weighted by Crippen LogP contribution is -2.44. The van der Waals surface area contributed by atoms with E-state index < -0.39 is 6.10 Å². The van der Waals surface area contributed by atoms with Gasteiger partial charge in [-0.3, -0.25) is 4.79 Å². The normalized spacial score (nSPS) is 16.3. The molecule has 0 unspecified atom stereocenters. The highest BCUT2D eigenvalue weighted by atomic mass is 79.9. The van der Waals surface area contributed by atoms with Crippen LogP contribution < -0.4 is 4.74 Å².